The lowest BCUT2D eigenvalue weighted by Crippen LogP contribution is -2.30. The Balaban J connectivity index is 2.05. The Labute approximate surface area is 128 Å². The van der Waals surface area contributed by atoms with E-state index in [-0.39, 0.29) is 17.2 Å². The number of rotatable bonds is 5. The second-order valence-corrected chi connectivity index (χ2v) is 4.73. The van der Waals surface area contributed by atoms with Gasteiger partial charge in [0.25, 0.3) is 11.8 Å². The van der Waals surface area contributed by atoms with Crippen molar-refractivity contribution in [2.75, 3.05) is 11.1 Å². The predicted octanol–water partition coefficient (Wildman–Crippen LogP) is 1.77. The molecule has 6 heteroatoms. The summed E-state index contributed by atoms with van der Waals surface area (Å²) in [7, 11) is 0. The molecule has 6 nitrogen and oxygen atoms in total. The third-order valence-electron chi connectivity index (χ3n) is 3.00. The van der Waals surface area contributed by atoms with Crippen LogP contribution in [0.1, 0.15) is 17.3 Å². The van der Waals surface area contributed by atoms with Crippen LogP contribution in [0.2, 0.25) is 0 Å². The van der Waals surface area contributed by atoms with Gasteiger partial charge in [-0.1, -0.05) is 12.1 Å². The summed E-state index contributed by atoms with van der Waals surface area (Å²) in [6.45, 7) is 1.59. The third kappa shape index (κ3) is 3.76. The first-order valence-corrected chi connectivity index (χ1v) is 6.69. The highest BCUT2D eigenvalue weighted by atomic mass is 16.5. The smallest absolute Gasteiger partial charge is 0.265 e. The number of primary amides is 1. The summed E-state index contributed by atoms with van der Waals surface area (Å²) in [6.07, 6.45) is -0.793. The second kappa shape index (κ2) is 6.62. The van der Waals surface area contributed by atoms with Gasteiger partial charge in [0.2, 0.25) is 0 Å². The van der Waals surface area contributed by atoms with Crippen LogP contribution in [0.3, 0.4) is 0 Å². The molecule has 114 valence electrons. The minimum atomic E-state index is -0.793. The number of nitrogens with two attached hydrogens (primary N) is 2. The monoisotopic (exact) mass is 299 g/mol. The molecule has 2 rings (SSSR count). The molecule has 1 unspecified atom stereocenters. The molecule has 5 N–H and O–H groups in total. The molecule has 0 bridgehead atoms. The van der Waals surface area contributed by atoms with Gasteiger partial charge in [0, 0.05) is 11.4 Å². The Hall–Kier alpha value is -3.02. The van der Waals surface area contributed by atoms with Crippen LogP contribution in [0.25, 0.3) is 0 Å². The fraction of sp³-hybridized carbons (Fsp3) is 0.125. The molecule has 0 heterocycles. The van der Waals surface area contributed by atoms with E-state index in [9.17, 15) is 9.59 Å². The zero-order valence-corrected chi connectivity index (χ0v) is 12.1. The Kier molecular flexibility index (Phi) is 4.63. The molecular formula is C16H17N3O3. The number of nitrogen functional groups attached to an aromatic ring is 1. The van der Waals surface area contributed by atoms with Crippen molar-refractivity contribution >= 4 is 23.2 Å². The highest BCUT2D eigenvalue weighted by molar-refractivity contribution is 5.96. The van der Waals surface area contributed by atoms with Gasteiger partial charge < -0.3 is 21.5 Å². The Morgan fingerprint density at radius 1 is 1.09 bits per heavy atom. The van der Waals surface area contributed by atoms with Crippen LogP contribution in [0.15, 0.2) is 48.5 Å². The van der Waals surface area contributed by atoms with Gasteiger partial charge in [0.1, 0.15) is 5.75 Å². The molecule has 0 aliphatic carbocycles. The van der Waals surface area contributed by atoms with Crippen LogP contribution in [0.5, 0.6) is 5.75 Å². The molecule has 22 heavy (non-hydrogen) atoms. The fourth-order valence-corrected chi connectivity index (χ4v) is 1.83. The summed E-state index contributed by atoms with van der Waals surface area (Å²) in [5.41, 5.74) is 12.3. The zero-order chi connectivity index (χ0) is 16.1. The van der Waals surface area contributed by atoms with E-state index in [1.54, 1.807) is 55.5 Å². The van der Waals surface area contributed by atoms with Gasteiger partial charge in [-0.2, -0.15) is 0 Å². The third-order valence-corrected chi connectivity index (χ3v) is 3.00. The molecule has 0 spiro atoms. The number of hydrogen-bond acceptors (Lipinski definition) is 4. The highest BCUT2D eigenvalue weighted by Crippen LogP contribution is 2.19. The van der Waals surface area contributed by atoms with Crippen LogP contribution in [-0.2, 0) is 4.79 Å². The molecular weight excluding hydrogens is 282 g/mol. The summed E-state index contributed by atoms with van der Waals surface area (Å²) in [5, 5.41) is 2.70. The van der Waals surface area contributed by atoms with Crippen LogP contribution in [0, 0.1) is 0 Å². The van der Waals surface area contributed by atoms with E-state index in [4.69, 9.17) is 16.2 Å². The van der Waals surface area contributed by atoms with E-state index in [0.717, 1.165) is 0 Å². The van der Waals surface area contributed by atoms with Gasteiger partial charge in [-0.15, -0.1) is 0 Å². The lowest BCUT2D eigenvalue weighted by atomic mass is 10.2. The number of carbonyl (C=O) groups is 2. The first-order chi connectivity index (χ1) is 10.5. The van der Waals surface area contributed by atoms with Crippen molar-refractivity contribution in [1.82, 2.24) is 0 Å². The van der Waals surface area contributed by atoms with E-state index >= 15 is 0 Å². The summed E-state index contributed by atoms with van der Waals surface area (Å²) >= 11 is 0. The Morgan fingerprint density at radius 2 is 1.73 bits per heavy atom. The minimum Gasteiger partial charge on any atom is -0.480 e. The first kappa shape index (κ1) is 15.4. The van der Waals surface area contributed by atoms with E-state index < -0.39 is 12.0 Å². The number of para-hydroxylation sites is 1. The number of hydrogen-bond donors (Lipinski definition) is 3. The number of carbonyl (C=O) groups excluding carboxylic acids is 2. The quantitative estimate of drug-likeness (QED) is 0.731. The molecule has 1 atom stereocenters. The Bertz CT molecular complexity index is 683. The average molecular weight is 299 g/mol. The lowest BCUT2D eigenvalue weighted by molar-refractivity contribution is -0.122. The van der Waals surface area contributed by atoms with Crippen LogP contribution in [0.4, 0.5) is 11.4 Å². The van der Waals surface area contributed by atoms with E-state index in [1.165, 1.54) is 0 Å². The first-order valence-electron chi connectivity index (χ1n) is 6.69. The largest absolute Gasteiger partial charge is 0.480 e. The molecule has 0 saturated heterocycles. The van der Waals surface area contributed by atoms with E-state index in [1.807, 2.05) is 0 Å². The maximum Gasteiger partial charge on any atom is 0.265 e. The van der Waals surface area contributed by atoms with Gasteiger partial charge in [0.15, 0.2) is 6.10 Å². The summed E-state index contributed by atoms with van der Waals surface area (Å²) in [4.78, 5) is 23.4. The minimum absolute atomic E-state index is 0.231. The molecule has 2 aromatic rings. The van der Waals surface area contributed by atoms with Gasteiger partial charge >= 0.3 is 0 Å². The number of amides is 2. The summed E-state index contributed by atoms with van der Waals surface area (Å²) < 4.78 is 5.53. The predicted molar refractivity (Wildman–Crippen MR) is 84.5 cm³/mol. The second-order valence-electron chi connectivity index (χ2n) is 4.73. The molecule has 0 aliphatic heterocycles. The fourth-order valence-electron chi connectivity index (χ4n) is 1.83. The maximum atomic E-state index is 12.1. The molecule has 0 saturated carbocycles. The summed E-state index contributed by atoms with van der Waals surface area (Å²) in [6, 6.07) is 13.3. The molecule has 0 aromatic heterocycles. The standard InChI is InChI=1S/C16H17N3O3/c1-10(16(21)19-12-8-6-11(17)7-9-12)22-14-5-3-2-4-13(14)15(18)20/h2-10H,17H2,1H3,(H2,18,20)(H,19,21). The van der Waals surface area contributed by atoms with Crippen molar-refractivity contribution in [3.8, 4) is 5.75 Å². The Morgan fingerprint density at radius 3 is 2.36 bits per heavy atom. The molecule has 0 fully saturated rings. The average Bonchev–Trinajstić information content (AvgIpc) is 2.49. The zero-order valence-electron chi connectivity index (χ0n) is 12.1. The number of ether oxygens (including phenoxy) is 1. The lowest BCUT2D eigenvalue weighted by Gasteiger charge is -2.16. The molecule has 2 aromatic carbocycles. The van der Waals surface area contributed by atoms with Gasteiger partial charge in [0.05, 0.1) is 5.56 Å². The maximum absolute atomic E-state index is 12.1. The van der Waals surface area contributed by atoms with Crippen LogP contribution in [-0.4, -0.2) is 17.9 Å². The molecule has 2 amide bonds. The van der Waals surface area contributed by atoms with Crippen molar-refractivity contribution in [2.45, 2.75) is 13.0 Å². The van der Waals surface area contributed by atoms with Gasteiger partial charge in [-0.05, 0) is 43.3 Å². The van der Waals surface area contributed by atoms with E-state index in [0.29, 0.717) is 11.4 Å². The van der Waals surface area contributed by atoms with Crippen LogP contribution < -0.4 is 21.5 Å². The molecule has 0 radical (unpaired) electrons. The highest BCUT2D eigenvalue weighted by Gasteiger charge is 2.17. The van der Waals surface area contributed by atoms with Crippen molar-refractivity contribution in [2.24, 2.45) is 5.73 Å². The number of benzene rings is 2. The number of anilines is 2. The van der Waals surface area contributed by atoms with Gasteiger partial charge in [-0.25, -0.2) is 0 Å². The van der Waals surface area contributed by atoms with Crippen LogP contribution >= 0.6 is 0 Å². The topological polar surface area (TPSA) is 107 Å². The number of nitrogens with one attached hydrogen (secondary N) is 1. The van der Waals surface area contributed by atoms with Gasteiger partial charge in [-0.3, -0.25) is 9.59 Å². The van der Waals surface area contributed by atoms with Crippen molar-refractivity contribution in [3.63, 3.8) is 0 Å². The van der Waals surface area contributed by atoms with Crippen molar-refractivity contribution < 1.29 is 14.3 Å². The van der Waals surface area contributed by atoms with Crippen molar-refractivity contribution in [1.29, 1.82) is 0 Å². The van der Waals surface area contributed by atoms with Crippen molar-refractivity contribution in [3.05, 3.63) is 54.1 Å². The molecule has 0 aliphatic rings. The SMILES string of the molecule is CC(Oc1ccccc1C(N)=O)C(=O)Nc1ccc(N)cc1. The normalized spacial score (nSPS) is 11.5. The summed E-state index contributed by atoms with van der Waals surface area (Å²) in [5.74, 6) is -0.680. The van der Waals surface area contributed by atoms with E-state index in [2.05, 4.69) is 5.32 Å².